The lowest BCUT2D eigenvalue weighted by Crippen LogP contribution is -2.22. The molecule has 0 fully saturated rings. The first-order chi connectivity index (χ1) is 10.7. The number of fused-ring (bicyclic) bond motifs is 1. The number of ether oxygens (including phenoxy) is 1. The number of rotatable bonds is 4. The van der Waals surface area contributed by atoms with Crippen molar-refractivity contribution >= 4 is 17.0 Å². The highest BCUT2D eigenvalue weighted by molar-refractivity contribution is 5.94. The average molecular weight is 298 g/mol. The molecule has 0 radical (unpaired) electrons. The summed E-state index contributed by atoms with van der Waals surface area (Å²) in [5.74, 6) is 0.0252. The van der Waals surface area contributed by atoms with Crippen LogP contribution in [0.25, 0.3) is 11.1 Å². The zero-order valence-electron chi connectivity index (χ0n) is 11.9. The molecule has 2 aromatic carbocycles. The number of hydrogen-bond donors (Lipinski definition) is 2. The molecule has 22 heavy (non-hydrogen) atoms. The number of aromatic nitrogens is 1. The summed E-state index contributed by atoms with van der Waals surface area (Å²) in [4.78, 5) is 25.7. The minimum atomic E-state index is -0.491. The van der Waals surface area contributed by atoms with Crippen LogP contribution in [0.1, 0.15) is 15.9 Å². The lowest BCUT2D eigenvalue weighted by atomic mass is 10.2. The van der Waals surface area contributed by atoms with Crippen LogP contribution >= 0.6 is 0 Å². The Balaban J connectivity index is 1.69. The Kier molecular flexibility index (Phi) is 3.65. The number of H-pyrrole nitrogens is 1. The van der Waals surface area contributed by atoms with Crippen LogP contribution in [0, 0.1) is 0 Å². The number of methoxy groups -OCH3 is 1. The molecule has 0 bridgehead atoms. The van der Waals surface area contributed by atoms with Crippen LogP contribution < -0.4 is 15.8 Å². The number of benzene rings is 2. The third-order valence-electron chi connectivity index (χ3n) is 3.29. The van der Waals surface area contributed by atoms with Crippen molar-refractivity contribution in [3.05, 3.63) is 64.1 Å². The van der Waals surface area contributed by atoms with Gasteiger partial charge in [0.25, 0.3) is 5.91 Å². The minimum Gasteiger partial charge on any atom is -0.497 e. The van der Waals surface area contributed by atoms with Gasteiger partial charge in [0.1, 0.15) is 5.75 Å². The van der Waals surface area contributed by atoms with E-state index in [1.807, 2.05) is 6.07 Å². The Morgan fingerprint density at radius 2 is 2.00 bits per heavy atom. The number of carbonyl (C=O) groups excluding carboxylic acids is 1. The maximum absolute atomic E-state index is 12.1. The smallest absolute Gasteiger partial charge is 0.417 e. The van der Waals surface area contributed by atoms with Gasteiger partial charge >= 0.3 is 5.76 Å². The van der Waals surface area contributed by atoms with Crippen LogP contribution in [0.2, 0.25) is 0 Å². The molecule has 0 unspecified atom stereocenters. The number of carbonyl (C=O) groups is 1. The number of oxazole rings is 1. The van der Waals surface area contributed by atoms with Crippen molar-refractivity contribution in [1.82, 2.24) is 10.3 Å². The van der Waals surface area contributed by atoms with Crippen molar-refractivity contribution in [2.24, 2.45) is 0 Å². The van der Waals surface area contributed by atoms with E-state index < -0.39 is 5.76 Å². The molecule has 3 aromatic rings. The summed E-state index contributed by atoms with van der Waals surface area (Å²) in [6.45, 7) is 0.343. The first-order valence-corrected chi connectivity index (χ1v) is 6.70. The van der Waals surface area contributed by atoms with Crippen molar-refractivity contribution in [1.29, 1.82) is 0 Å². The van der Waals surface area contributed by atoms with Crippen molar-refractivity contribution in [2.75, 3.05) is 7.11 Å². The van der Waals surface area contributed by atoms with Crippen LogP contribution in [0.4, 0.5) is 0 Å². The van der Waals surface area contributed by atoms with E-state index >= 15 is 0 Å². The lowest BCUT2D eigenvalue weighted by Gasteiger charge is -2.06. The first-order valence-electron chi connectivity index (χ1n) is 6.70. The second-order valence-corrected chi connectivity index (χ2v) is 4.76. The Labute approximate surface area is 125 Å². The van der Waals surface area contributed by atoms with Gasteiger partial charge in [-0.05, 0) is 42.0 Å². The number of amides is 1. The van der Waals surface area contributed by atoms with Gasteiger partial charge in [-0.3, -0.25) is 9.78 Å². The monoisotopic (exact) mass is 298 g/mol. The zero-order valence-corrected chi connectivity index (χ0v) is 11.9. The quantitative estimate of drug-likeness (QED) is 0.772. The number of nitrogens with one attached hydrogen (secondary N) is 2. The van der Waals surface area contributed by atoms with Gasteiger partial charge in [-0.15, -0.1) is 0 Å². The van der Waals surface area contributed by atoms with E-state index in [-0.39, 0.29) is 5.91 Å². The van der Waals surface area contributed by atoms with Crippen LogP contribution in [0.3, 0.4) is 0 Å². The third kappa shape index (κ3) is 2.85. The predicted octanol–water partition coefficient (Wildman–Crippen LogP) is 2.06. The highest BCUT2D eigenvalue weighted by Crippen LogP contribution is 2.13. The standard InChI is InChI=1S/C16H14N2O4/c1-21-12-5-3-11(4-6-12)15(19)17-9-10-2-7-13-14(8-10)22-16(20)18-13/h2-8H,9H2,1H3,(H,17,19)(H,18,20). The van der Waals surface area contributed by atoms with Gasteiger partial charge in [0.05, 0.1) is 12.6 Å². The van der Waals surface area contributed by atoms with E-state index in [2.05, 4.69) is 10.3 Å². The summed E-state index contributed by atoms with van der Waals surface area (Å²) in [5, 5.41) is 2.81. The van der Waals surface area contributed by atoms with E-state index in [0.717, 1.165) is 5.56 Å². The average Bonchev–Trinajstić information content (AvgIpc) is 2.92. The van der Waals surface area contributed by atoms with Crippen molar-refractivity contribution in [2.45, 2.75) is 6.54 Å². The third-order valence-corrected chi connectivity index (χ3v) is 3.29. The molecule has 2 N–H and O–H groups in total. The minimum absolute atomic E-state index is 0.182. The van der Waals surface area contributed by atoms with Gasteiger partial charge in [-0.1, -0.05) is 6.07 Å². The van der Waals surface area contributed by atoms with E-state index in [1.54, 1.807) is 43.5 Å². The van der Waals surface area contributed by atoms with Gasteiger partial charge in [-0.25, -0.2) is 4.79 Å². The van der Waals surface area contributed by atoms with E-state index in [4.69, 9.17) is 9.15 Å². The van der Waals surface area contributed by atoms with Gasteiger partial charge in [-0.2, -0.15) is 0 Å². The molecule has 0 atom stereocenters. The first kappa shape index (κ1) is 13.9. The number of hydrogen-bond acceptors (Lipinski definition) is 4. The Morgan fingerprint density at radius 1 is 1.23 bits per heavy atom. The van der Waals surface area contributed by atoms with Gasteiger partial charge in [0, 0.05) is 12.1 Å². The maximum Gasteiger partial charge on any atom is 0.417 e. The van der Waals surface area contributed by atoms with Crippen molar-refractivity contribution in [3.63, 3.8) is 0 Å². The number of aromatic amines is 1. The highest BCUT2D eigenvalue weighted by Gasteiger charge is 2.07. The molecular formula is C16H14N2O4. The summed E-state index contributed by atoms with van der Waals surface area (Å²) >= 11 is 0. The second kappa shape index (κ2) is 5.77. The van der Waals surface area contributed by atoms with Gasteiger partial charge in [0.15, 0.2) is 5.58 Å². The van der Waals surface area contributed by atoms with E-state index in [1.165, 1.54) is 0 Å². The van der Waals surface area contributed by atoms with Gasteiger partial charge in [0.2, 0.25) is 0 Å². The van der Waals surface area contributed by atoms with Crippen LogP contribution in [-0.4, -0.2) is 18.0 Å². The van der Waals surface area contributed by atoms with Crippen LogP contribution in [0.15, 0.2) is 51.7 Å². The highest BCUT2D eigenvalue weighted by atomic mass is 16.5. The molecule has 1 amide bonds. The SMILES string of the molecule is COc1ccc(C(=O)NCc2ccc3[nH]c(=O)oc3c2)cc1. The second-order valence-electron chi connectivity index (χ2n) is 4.76. The molecule has 3 rings (SSSR count). The molecule has 112 valence electrons. The Hall–Kier alpha value is -3.02. The lowest BCUT2D eigenvalue weighted by molar-refractivity contribution is 0.0951. The molecule has 6 nitrogen and oxygen atoms in total. The van der Waals surface area contributed by atoms with E-state index in [9.17, 15) is 9.59 Å². The van der Waals surface area contributed by atoms with Crippen molar-refractivity contribution < 1.29 is 13.9 Å². The fourth-order valence-electron chi connectivity index (χ4n) is 2.13. The topological polar surface area (TPSA) is 84.3 Å². The molecular weight excluding hydrogens is 284 g/mol. The maximum atomic E-state index is 12.1. The molecule has 0 saturated heterocycles. The summed E-state index contributed by atoms with van der Waals surface area (Å²) in [6, 6.07) is 12.1. The van der Waals surface area contributed by atoms with Gasteiger partial charge < -0.3 is 14.5 Å². The summed E-state index contributed by atoms with van der Waals surface area (Å²) in [6.07, 6.45) is 0. The molecule has 0 aliphatic carbocycles. The molecule has 0 aliphatic rings. The predicted molar refractivity (Wildman–Crippen MR) is 81.0 cm³/mol. The molecule has 0 aliphatic heterocycles. The normalized spacial score (nSPS) is 10.6. The fraction of sp³-hybridized carbons (Fsp3) is 0.125. The van der Waals surface area contributed by atoms with Crippen LogP contribution in [-0.2, 0) is 6.54 Å². The molecule has 0 saturated carbocycles. The molecule has 1 aromatic heterocycles. The molecule has 6 heteroatoms. The molecule has 0 spiro atoms. The van der Waals surface area contributed by atoms with E-state index in [0.29, 0.717) is 29.0 Å². The largest absolute Gasteiger partial charge is 0.497 e. The summed E-state index contributed by atoms with van der Waals surface area (Å²) < 4.78 is 10.0. The fourth-order valence-corrected chi connectivity index (χ4v) is 2.13. The van der Waals surface area contributed by atoms with Crippen molar-refractivity contribution in [3.8, 4) is 5.75 Å². The van der Waals surface area contributed by atoms with Crippen LogP contribution in [0.5, 0.6) is 5.75 Å². The molecule has 1 heterocycles. The summed E-state index contributed by atoms with van der Waals surface area (Å²) in [5.41, 5.74) is 2.50. The Morgan fingerprint density at radius 3 is 2.73 bits per heavy atom. The zero-order chi connectivity index (χ0) is 15.5. The summed E-state index contributed by atoms with van der Waals surface area (Å²) in [7, 11) is 1.57. The Bertz CT molecular complexity index is 862.